The normalized spacial score (nSPS) is 10.0. The fourth-order valence-electron chi connectivity index (χ4n) is 1.55. The van der Waals surface area contributed by atoms with E-state index in [0.717, 1.165) is 4.47 Å². The summed E-state index contributed by atoms with van der Waals surface area (Å²) in [6.07, 6.45) is 1.34. The molecule has 1 aromatic carbocycles. The van der Waals surface area contributed by atoms with Gasteiger partial charge in [0.15, 0.2) is 5.69 Å². The summed E-state index contributed by atoms with van der Waals surface area (Å²) >= 11 is 6.62. The van der Waals surface area contributed by atoms with E-state index in [1.54, 1.807) is 12.1 Å². The fraction of sp³-hybridized carbons (Fsp3) is 0. The lowest BCUT2D eigenvalue weighted by Crippen LogP contribution is -2.21. The third-order valence-electron chi connectivity index (χ3n) is 2.44. The lowest BCUT2D eigenvalue weighted by atomic mass is 10.3. The number of urea groups is 1. The molecule has 0 unspecified atom stereocenters. The summed E-state index contributed by atoms with van der Waals surface area (Å²) < 4.78 is 1.50. The number of aromatic carboxylic acids is 1. The van der Waals surface area contributed by atoms with Crippen LogP contribution in [0, 0.1) is 0 Å². The summed E-state index contributed by atoms with van der Waals surface area (Å²) in [4.78, 5) is 26.7. The van der Waals surface area contributed by atoms with Crippen molar-refractivity contribution in [2.45, 2.75) is 0 Å². The van der Waals surface area contributed by atoms with Crippen LogP contribution in [0.25, 0.3) is 0 Å². The Morgan fingerprint density at radius 1 is 1.10 bits per heavy atom. The average molecular weight is 415 g/mol. The lowest BCUT2D eigenvalue weighted by molar-refractivity contribution is 0.0692. The molecule has 3 N–H and O–H groups in total. The molecule has 0 aliphatic heterocycles. The van der Waals surface area contributed by atoms with Gasteiger partial charge in [0.05, 0.1) is 11.4 Å². The van der Waals surface area contributed by atoms with Gasteiger partial charge in [0.1, 0.15) is 0 Å². The number of benzene rings is 1. The zero-order chi connectivity index (χ0) is 15.4. The first kappa shape index (κ1) is 15.5. The predicted molar refractivity (Wildman–Crippen MR) is 85.7 cm³/mol. The van der Waals surface area contributed by atoms with Crippen molar-refractivity contribution in [2.75, 3.05) is 10.6 Å². The number of aromatic nitrogens is 1. The number of hydrogen-bond acceptors (Lipinski definition) is 3. The second kappa shape index (κ2) is 6.68. The molecule has 0 aliphatic carbocycles. The Hall–Kier alpha value is -1.93. The van der Waals surface area contributed by atoms with E-state index >= 15 is 0 Å². The van der Waals surface area contributed by atoms with Crippen LogP contribution >= 0.6 is 31.9 Å². The predicted octanol–water partition coefficient (Wildman–Crippen LogP) is 3.95. The van der Waals surface area contributed by atoms with Gasteiger partial charge in [0.25, 0.3) is 0 Å². The van der Waals surface area contributed by atoms with Crippen molar-refractivity contribution in [1.82, 2.24) is 4.98 Å². The van der Waals surface area contributed by atoms with Crippen LogP contribution in [0.15, 0.2) is 45.5 Å². The highest BCUT2D eigenvalue weighted by atomic mass is 79.9. The maximum absolute atomic E-state index is 11.9. The van der Waals surface area contributed by atoms with Gasteiger partial charge in [-0.05, 0) is 46.3 Å². The Morgan fingerprint density at radius 3 is 2.52 bits per heavy atom. The quantitative estimate of drug-likeness (QED) is 0.709. The first-order valence-corrected chi connectivity index (χ1v) is 7.27. The molecular formula is C13H9Br2N3O3. The number of nitrogens with one attached hydrogen (secondary N) is 2. The SMILES string of the molecule is O=C(Nc1cc(Br)ccc1Br)Nc1cccnc1C(=O)O. The van der Waals surface area contributed by atoms with Crippen molar-refractivity contribution < 1.29 is 14.7 Å². The van der Waals surface area contributed by atoms with Crippen molar-refractivity contribution in [3.05, 3.63) is 51.2 Å². The molecule has 0 radical (unpaired) electrons. The van der Waals surface area contributed by atoms with E-state index in [-0.39, 0.29) is 11.4 Å². The highest BCUT2D eigenvalue weighted by molar-refractivity contribution is 9.11. The van der Waals surface area contributed by atoms with Gasteiger partial charge in [-0.3, -0.25) is 0 Å². The number of pyridine rings is 1. The second-order valence-corrected chi connectivity index (χ2v) is 5.68. The van der Waals surface area contributed by atoms with Gasteiger partial charge in [-0.2, -0.15) is 0 Å². The van der Waals surface area contributed by atoms with Crippen molar-refractivity contribution in [3.8, 4) is 0 Å². The number of anilines is 2. The topological polar surface area (TPSA) is 91.3 Å². The molecular weight excluding hydrogens is 406 g/mol. The van der Waals surface area contributed by atoms with E-state index in [4.69, 9.17) is 5.11 Å². The molecule has 21 heavy (non-hydrogen) atoms. The Labute approximate surface area is 136 Å². The zero-order valence-electron chi connectivity index (χ0n) is 10.4. The van der Waals surface area contributed by atoms with Gasteiger partial charge in [-0.15, -0.1) is 0 Å². The number of carboxylic acids is 1. The molecule has 0 atom stereocenters. The van der Waals surface area contributed by atoms with Crippen LogP contribution in [0.5, 0.6) is 0 Å². The van der Waals surface area contributed by atoms with E-state index in [0.29, 0.717) is 10.2 Å². The molecule has 0 bridgehead atoms. The van der Waals surface area contributed by atoms with E-state index in [1.165, 1.54) is 18.3 Å². The summed E-state index contributed by atoms with van der Waals surface area (Å²) in [5.41, 5.74) is 0.442. The van der Waals surface area contributed by atoms with Gasteiger partial charge < -0.3 is 15.7 Å². The monoisotopic (exact) mass is 413 g/mol. The number of nitrogens with zero attached hydrogens (tertiary/aromatic N) is 1. The number of amides is 2. The first-order chi connectivity index (χ1) is 9.97. The number of carbonyl (C=O) groups excluding carboxylic acids is 1. The standard InChI is InChI=1S/C13H9Br2N3O3/c14-7-3-4-8(15)10(6-7)18-13(21)17-9-2-1-5-16-11(9)12(19)20/h1-6H,(H,19,20)(H2,17,18,21). The Balaban J connectivity index is 2.16. The van der Waals surface area contributed by atoms with Crippen LogP contribution in [0.3, 0.4) is 0 Å². The van der Waals surface area contributed by atoms with Gasteiger partial charge >= 0.3 is 12.0 Å². The number of hydrogen-bond donors (Lipinski definition) is 3. The maximum atomic E-state index is 11.9. The first-order valence-electron chi connectivity index (χ1n) is 5.69. The third kappa shape index (κ3) is 4.02. The summed E-state index contributed by atoms with van der Waals surface area (Å²) in [7, 11) is 0. The van der Waals surface area contributed by atoms with Gasteiger partial charge in [0.2, 0.25) is 0 Å². The molecule has 8 heteroatoms. The van der Waals surface area contributed by atoms with Crippen LogP contribution in [0.4, 0.5) is 16.2 Å². The van der Waals surface area contributed by atoms with Gasteiger partial charge in [-0.25, -0.2) is 14.6 Å². The largest absolute Gasteiger partial charge is 0.476 e. The van der Waals surface area contributed by atoms with E-state index in [9.17, 15) is 9.59 Å². The summed E-state index contributed by atoms with van der Waals surface area (Å²) in [6, 6.07) is 7.74. The van der Waals surface area contributed by atoms with Crippen molar-refractivity contribution >= 4 is 55.2 Å². The van der Waals surface area contributed by atoms with Crippen LogP contribution in [0.1, 0.15) is 10.5 Å². The highest BCUT2D eigenvalue weighted by Gasteiger charge is 2.14. The van der Waals surface area contributed by atoms with Gasteiger partial charge in [0, 0.05) is 15.1 Å². The molecule has 6 nitrogen and oxygen atoms in total. The third-order valence-corrected chi connectivity index (χ3v) is 3.62. The maximum Gasteiger partial charge on any atom is 0.356 e. The number of carboxylic acid groups (broad SMARTS) is 1. The van der Waals surface area contributed by atoms with Crippen LogP contribution < -0.4 is 10.6 Å². The molecule has 2 rings (SSSR count). The summed E-state index contributed by atoms with van der Waals surface area (Å²) in [5, 5.41) is 14.1. The molecule has 0 aliphatic rings. The van der Waals surface area contributed by atoms with E-state index in [2.05, 4.69) is 47.5 Å². The number of carbonyl (C=O) groups is 2. The average Bonchev–Trinajstić information content (AvgIpc) is 2.43. The molecule has 1 aromatic heterocycles. The van der Waals surface area contributed by atoms with Crippen molar-refractivity contribution in [1.29, 1.82) is 0 Å². The molecule has 0 fully saturated rings. The van der Waals surface area contributed by atoms with Gasteiger partial charge in [-0.1, -0.05) is 15.9 Å². The molecule has 0 spiro atoms. The fourth-order valence-corrected chi connectivity index (χ4v) is 2.25. The molecule has 2 amide bonds. The van der Waals surface area contributed by atoms with Crippen LogP contribution in [-0.4, -0.2) is 22.1 Å². The Bertz CT molecular complexity index is 707. The minimum atomic E-state index is -1.21. The van der Waals surface area contributed by atoms with Crippen LogP contribution in [0.2, 0.25) is 0 Å². The molecule has 0 saturated carbocycles. The summed E-state index contributed by atoms with van der Waals surface area (Å²) in [5.74, 6) is -1.21. The second-order valence-electron chi connectivity index (χ2n) is 3.91. The number of halogens is 2. The summed E-state index contributed by atoms with van der Waals surface area (Å²) in [6.45, 7) is 0. The van der Waals surface area contributed by atoms with Crippen LogP contribution in [-0.2, 0) is 0 Å². The smallest absolute Gasteiger partial charge is 0.356 e. The minimum Gasteiger partial charge on any atom is -0.476 e. The zero-order valence-corrected chi connectivity index (χ0v) is 13.6. The minimum absolute atomic E-state index is 0.119. The lowest BCUT2D eigenvalue weighted by Gasteiger charge is -2.10. The van der Waals surface area contributed by atoms with E-state index < -0.39 is 12.0 Å². The van der Waals surface area contributed by atoms with Crippen molar-refractivity contribution in [3.63, 3.8) is 0 Å². The Morgan fingerprint density at radius 2 is 1.81 bits per heavy atom. The Kier molecular flexibility index (Phi) is 4.92. The molecule has 2 aromatic rings. The van der Waals surface area contributed by atoms with E-state index in [1.807, 2.05) is 6.07 Å². The molecule has 1 heterocycles. The highest BCUT2D eigenvalue weighted by Crippen LogP contribution is 2.26. The molecule has 0 saturated heterocycles. The van der Waals surface area contributed by atoms with Crippen molar-refractivity contribution in [2.24, 2.45) is 0 Å². The number of rotatable bonds is 3. The molecule has 108 valence electrons.